The fraction of sp³-hybridized carbons (Fsp3) is 0.771. The van der Waals surface area contributed by atoms with Gasteiger partial charge in [-0.3, -0.25) is 19.3 Å². The van der Waals surface area contributed by atoms with E-state index in [0.29, 0.717) is 36.4 Å². The molecule has 4 fully saturated rings. The van der Waals surface area contributed by atoms with Crippen molar-refractivity contribution in [3.05, 3.63) is 46.0 Å². The maximum absolute atomic E-state index is 14.3. The highest BCUT2D eigenvalue weighted by Crippen LogP contribution is 2.77. The number of Topliss-reactive ketones (excluding diaryl/α,β-unsaturated/α-hetero) is 1. The van der Waals surface area contributed by atoms with Gasteiger partial charge >= 0.3 is 11.9 Å². The summed E-state index contributed by atoms with van der Waals surface area (Å²) in [6.45, 7) is 22.6. The van der Waals surface area contributed by atoms with Gasteiger partial charge in [-0.15, -0.1) is 0 Å². The lowest BCUT2D eigenvalue weighted by Crippen LogP contribution is -2.66. The number of carbonyl (C=O) groups excluding carboxylic acids is 2. The Hall–Kier alpha value is -2.26. The Bertz CT molecular complexity index is 1740. The molecule has 4 saturated carbocycles. The molecule has 9 heteroatoms. The monoisotopic (exact) mass is 809 g/mol. The van der Waals surface area contributed by atoms with Crippen LogP contribution < -0.4 is 0 Å². The fourth-order valence-electron chi connectivity index (χ4n) is 13.8. The number of likely N-dealkylation sites (N-methyl/N-ethyl adjacent to an activating group) is 1. The molecule has 0 aliphatic heterocycles. The molecule has 1 aromatic rings. The maximum Gasteiger partial charge on any atom is 0.309 e. The van der Waals surface area contributed by atoms with Crippen LogP contribution in [0, 0.1) is 56.2 Å². The molecule has 0 aromatic heterocycles. The number of ether oxygens (including phenoxy) is 1. The number of allylic oxidation sites excluding steroid dienone is 1. The number of fused-ring (bicyclic) bond motifs is 7. The highest BCUT2D eigenvalue weighted by atomic mass is 35.5. The Morgan fingerprint density at radius 2 is 1.58 bits per heavy atom. The van der Waals surface area contributed by atoms with Crippen molar-refractivity contribution in [2.75, 3.05) is 33.7 Å². The number of rotatable bonds is 13. The van der Waals surface area contributed by atoms with E-state index in [0.717, 1.165) is 75.6 Å². The van der Waals surface area contributed by atoms with Crippen LogP contribution in [0.4, 0.5) is 0 Å². The first-order valence-corrected chi connectivity index (χ1v) is 22.3. The molecule has 5 aliphatic rings. The molecular weight excluding hydrogens is 736 g/mol. The number of aliphatic carboxylic acids is 1. The van der Waals surface area contributed by atoms with Crippen LogP contribution in [-0.4, -0.2) is 83.7 Å². The first kappa shape index (κ1) is 44.3. The summed E-state index contributed by atoms with van der Waals surface area (Å²) in [6.07, 6.45) is 7.13. The second kappa shape index (κ2) is 15.6. The summed E-state index contributed by atoms with van der Waals surface area (Å²) in [5.74, 6) is 0.00261. The third-order valence-corrected chi connectivity index (χ3v) is 17.4. The van der Waals surface area contributed by atoms with Crippen LogP contribution in [-0.2, 0) is 25.7 Å². The number of carboxylic acid groups (broad SMARTS) is 1. The second-order valence-corrected chi connectivity index (χ2v) is 22.2. The number of hydrogen-bond acceptors (Lipinski definition) is 7. The van der Waals surface area contributed by atoms with E-state index in [1.165, 1.54) is 5.57 Å². The van der Waals surface area contributed by atoms with Gasteiger partial charge in [-0.25, -0.2) is 0 Å². The van der Waals surface area contributed by atoms with E-state index in [1.54, 1.807) is 13.8 Å². The van der Waals surface area contributed by atoms with Gasteiger partial charge in [0, 0.05) is 48.5 Å². The van der Waals surface area contributed by atoms with E-state index in [2.05, 4.69) is 84.5 Å². The highest BCUT2D eigenvalue weighted by Gasteiger charge is 2.71. The minimum absolute atomic E-state index is 0.0308. The van der Waals surface area contributed by atoms with Crippen molar-refractivity contribution in [2.24, 2.45) is 56.2 Å². The first-order chi connectivity index (χ1) is 26.4. The van der Waals surface area contributed by atoms with Gasteiger partial charge in [0.25, 0.3) is 0 Å². The molecule has 8 nitrogen and oxygen atoms in total. The third kappa shape index (κ3) is 7.58. The van der Waals surface area contributed by atoms with Crippen molar-refractivity contribution in [1.82, 2.24) is 9.80 Å². The van der Waals surface area contributed by atoms with Gasteiger partial charge in [0.1, 0.15) is 6.10 Å². The van der Waals surface area contributed by atoms with Crippen LogP contribution in [0.15, 0.2) is 35.4 Å². The van der Waals surface area contributed by atoms with Gasteiger partial charge < -0.3 is 19.8 Å². The Morgan fingerprint density at radius 3 is 2.19 bits per heavy atom. The summed E-state index contributed by atoms with van der Waals surface area (Å²) >= 11 is 6.24. The highest BCUT2D eigenvalue weighted by molar-refractivity contribution is 6.30. The summed E-state index contributed by atoms with van der Waals surface area (Å²) in [6, 6.07) is 8.00. The lowest BCUT2D eigenvalue weighted by atomic mass is 9.33. The Balaban J connectivity index is 1.29. The topological polar surface area (TPSA) is 107 Å². The van der Waals surface area contributed by atoms with Gasteiger partial charge in [0.15, 0.2) is 5.78 Å². The normalized spacial score (nSPS) is 35.5. The predicted octanol–water partition coefficient (Wildman–Crippen LogP) is 9.46. The van der Waals surface area contributed by atoms with Crippen molar-refractivity contribution < 1.29 is 29.3 Å². The quantitative estimate of drug-likeness (QED) is 0.190. The lowest BCUT2D eigenvalue weighted by molar-refractivity contribution is -0.235. The number of aliphatic hydroxyl groups is 1. The van der Waals surface area contributed by atoms with Crippen LogP contribution >= 0.6 is 11.6 Å². The lowest BCUT2D eigenvalue weighted by Gasteiger charge is -2.72. The number of ketones is 1. The number of aliphatic hydroxyl groups excluding tert-OH is 1. The zero-order valence-electron chi connectivity index (χ0n) is 37.0. The van der Waals surface area contributed by atoms with Crippen LogP contribution in [0.2, 0.25) is 5.02 Å². The molecule has 0 bridgehead atoms. The zero-order valence-corrected chi connectivity index (χ0v) is 37.7. The summed E-state index contributed by atoms with van der Waals surface area (Å²) < 4.78 is 6.20. The van der Waals surface area contributed by atoms with E-state index in [4.69, 9.17) is 16.3 Å². The smallest absolute Gasteiger partial charge is 0.309 e. The maximum atomic E-state index is 14.3. The van der Waals surface area contributed by atoms with E-state index in [-0.39, 0.29) is 51.8 Å². The molecule has 1 unspecified atom stereocenters. The van der Waals surface area contributed by atoms with Gasteiger partial charge in [0.05, 0.1) is 17.9 Å². The van der Waals surface area contributed by atoms with Crippen LogP contribution in [0.5, 0.6) is 0 Å². The van der Waals surface area contributed by atoms with Crippen molar-refractivity contribution in [2.45, 2.75) is 145 Å². The van der Waals surface area contributed by atoms with Gasteiger partial charge in [-0.2, -0.15) is 0 Å². The molecule has 9 atom stereocenters. The van der Waals surface area contributed by atoms with Crippen molar-refractivity contribution in [3.8, 4) is 0 Å². The van der Waals surface area contributed by atoms with Gasteiger partial charge in [-0.1, -0.05) is 77.8 Å². The Morgan fingerprint density at radius 1 is 0.912 bits per heavy atom. The molecule has 6 rings (SSSR count). The van der Waals surface area contributed by atoms with Crippen molar-refractivity contribution in [3.63, 3.8) is 0 Å². The summed E-state index contributed by atoms with van der Waals surface area (Å²) in [4.78, 5) is 43.8. The van der Waals surface area contributed by atoms with Crippen LogP contribution in [0.1, 0.15) is 132 Å². The Kier molecular flexibility index (Phi) is 12.2. The molecule has 318 valence electrons. The summed E-state index contributed by atoms with van der Waals surface area (Å²) in [7, 11) is 4.17. The van der Waals surface area contributed by atoms with E-state index in [9.17, 15) is 24.6 Å². The molecule has 0 spiro atoms. The molecule has 5 aliphatic carbocycles. The predicted molar refractivity (Wildman–Crippen MR) is 227 cm³/mol. The molecule has 57 heavy (non-hydrogen) atoms. The number of nitrogens with zero attached hydrogens (tertiary/aromatic N) is 2. The minimum Gasteiger partial charge on any atom is -0.481 e. The Labute approximate surface area is 348 Å². The van der Waals surface area contributed by atoms with Crippen molar-refractivity contribution >= 4 is 29.3 Å². The van der Waals surface area contributed by atoms with Crippen molar-refractivity contribution in [1.29, 1.82) is 0 Å². The second-order valence-electron chi connectivity index (χ2n) is 21.7. The number of hydrogen-bond donors (Lipinski definition) is 2. The molecule has 2 N–H and O–H groups in total. The summed E-state index contributed by atoms with van der Waals surface area (Å²) in [5, 5.41) is 23.0. The van der Waals surface area contributed by atoms with Gasteiger partial charge in [-0.05, 0) is 142 Å². The van der Waals surface area contributed by atoms with Crippen LogP contribution in [0.3, 0.4) is 0 Å². The average Bonchev–Trinajstić information content (AvgIpc) is 3.42. The van der Waals surface area contributed by atoms with E-state index in [1.807, 2.05) is 12.1 Å². The number of esters is 1. The third-order valence-electron chi connectivity index (χ3n) is 17.1. The number of carbonyl (C=O) groups is 3. The standard InChI is InChI=1S/C48H73ClN2O6/c1-30(2)40-34(52)26-48(37(53)29-51(25-24-50(10)11)28-31-12-14-32(49)15-13-31)23-22-46(8)33(41(40)48)16-17-36-45(7)20-19-38(57-39(54)27-43(3,4)42(55)56)44(5,6)35(45)18-21-47(36,46)9/h12-15,30,33,35-38,53H,16-29H2,1-11H3,(H,55,56)/t33-,35+,36-,37+,38+,45?,46-,47-,48+/m1/s1. The minimum atomic E-state index is -1.17. The zero-order chi connectivity index (χ0) is 42.1. The van der Waals surface area contributed by atoms with E-state index < -0.39 is 28.9 Å². The fourth-order valence-corrected chi connectivity index (χ4v) is 13.9. The van der Waals surface area contributed by atoms with Gasteiger partial charge in [0.2, 0.25) is 0 Å². The molecule has 1 aromatic carbocycles. The summed E-state index contributed by atoms with van der Waals surface area (Å²) in [5.41, 5.74) is 1.54. The SMILES string of the molecule is CC(C)C1=C2[C@H]3CC[C@@H]4C5(C)CC[C@H](OC(=O)CC(C)(C)C(=O)O)C(C)(C)[C@@H]5CC[C@@]4(C)[C@]3(C)CC[C@@]2([C@@H](O)CN(CCN(C)C)Cc2ccc(Cl)cc2)CC1=O. The molecule has 0 amide bonds. The molecule has 0 radical (unpaired) electrons. The largest absolute Gasteiger partial charge is 0.481 e. The number of benzene rings is 1. The number of carboxylic acids is 1. The molecule has 0 heterocycles. The van der Waals surface area contributed by atoms with E-state index >= 15 is 0 Å². The number of halogens is 1. The first-order valence-electron chi connectivity index (χ1n) is 21.9. The molecule has 0 saturated heterocycles. The average molecular weight is 810 g/mol. The molecular formula is C48H73ClN2O6. The van der Waals surface area contributed by atoms with Crippen LogP contribution in [0.25, 0.3) is 0 Å².